The van der Waals surface area contributed by atoms with Crippen molar-refractivity contribution in [1.29, 1.82) is 0 Å². The summed E-state index contributed by atoms with van der Waals surface area (Å²) in [4.78, 5) is 0. The van der Waals surface area contributed by atoms with E-state index in [1.54, 1.807) is 0 Å². The van der Waals surface area contributed by atoms with Gasteiger partial charge in [-0.1, -0.05) is 0 Å². The zero-order valence-electron chi connectivity index (χ0n) is 9.47. The van der Waals surface area contributed by atoms with Gasteiger partial charge < -0.3 is 0 Å². The third-order valence-corrected chi connectivity index (χ3v) is 3.66. The van der Waals surface area contributed by atoms with E-state index in [9.17, 15) is 16.2 Å². The van der Waals surface area contributed by atoms with Crippen LogP contribution in [0.4, 0.5) is 13.2 Å². The molecule has 0 saturated carbocycles. The van der Waals surface area contributed by atoms with Crippen molar-refractivity contribution in [3.8, 4) is 5.75 Å². The van der Waals surface area contributed by atoms with Crippen LogP contribution in [0.25, 0.3) is 0 Å². The zero-order chi connectivity index (χ0) is 13.4. The number of rotatable bonds is 2. The van der Waals surface area contributed by atoms with E-state index in [4.69, 9.17) is 6.52 Å². The van der Waals surface area contributed by atoms with Crippen LogP contribution in [-0.2, 0) is 9.25 Å². The van der Waals surface area contributed by atoms with Gasteiger partial charge in [0, 0.05) is 0 Å². The van der Waals surface area contributed by atoms with Gasteiger partial charge in [-0.05, 0) is 0 Å². The van der Waals surface area contributed by atoms with Gasteiger partial charge in [0.05, 0.1) is 0 Å². The Kier molecular flexibility index (Phi) is 4.18. The van der Waals surface area contributed by atoms with E-state index in [2.05, 4.69) is 0 Å². The topological polar surface area (TPSA) is 46.5 Å². The summed E-state index contributed by atoms with van der Waals surface area (Å²) in [6.07, 6.45) is -4.43. The molecule has 0 fully saturated rings. The third-order valence-electron chi connectivity index (χ3n) is 2.53. The zero-order valence-corrected chi connectivity index (χ0v) is 12.3. The van der Waals surface area contributed by atoms with Crippen molar-refractivity contribution in [1.82, 2.24) is 0 Å². The predicted octanol–water partition coefficient (Wildman–Crippen LogP) is 2.42. The Morgan fingerprint density at radius 1 is 1.24 bits per heavy atom. The van der Waals surface area contributed by atoms with Crippen LogP contribution in [0.1, 0.15) is 22.3 Å². The second-order valence-electron chi connectivity index (χ2n) is 3.68. The molecule has 3 nitrogen and oxygen atoms in total. The molecular formula is C10H11F3O3Sn. The van der Waals surface area contributed by atoms with Gasteiger partial charge in [-0.2, -0.15) is 0 Å². The predicted molar refractivity (Wildman–Crippen MR) is 54.9 cm³/mol. The summed E-state index contributed by atoms with van der Waals surface area (Å²) in [5.41, 5.74) is -0.459. The number of benzene rings is 1. The van der Waals surface area contributed by atoms with Crippen molar-refractivity contribution in [2.45, 2.75) is 26.9 Å². The summed E-state index contributed by atoms with van der Waals surface area (Å²) in [7, 11) is 0. The van der Waals surface area contributed by atoms with Crippen LogP contribution in [-0.4, -0.2) is 24.0 Å². The molecule has 0 spiro atoms. The van der Waals surface area contributed by atoms with Crippen LogP contribution in [0.15, 0.2) is 6.07 Å². The first-order valence-corrected chi connectivity index (χ1v) is 8.34. The molecule has 0 bridgehead atoms. The fourth-order valence-corrected chi connectivity index (χ4v) is 2.82. The van der Waals surface area contributed by atoms with Gasteiger partial charge in [0.1, 0.15) is 0 Å². The maximum atomic E-state index is 12.7. The molecule has 1 aromatic rings. The molecule has 0 amide bonds. The summed E-state index contributed by atoms with van der Waals surface area (Å²) < 4.78 is 62.3. The van der Waals surface area contributed by atoms with Gasteiger partial charge >= 0.3 is 104 Å². The quantitative estimate of drug-likeness (QED) is 0.830. The van der Waals surface area contributed by atoms with Gasteiger partial charge in [0.2, 0.25) is 0 Å². The van der Waals surface area contributed by atoms with E-state index in [0.717, 1.165) is 6.07 Å². The minimum atomic E-state index is -4.43. The average Bonchev–Trinajstić information content (AvgIpc) is 2.10. The molecule has 0 heterocycles. The fourth-order valence-electron chi connectivity index (χ4n) is 1.68. The van der Waals surface area contributed by atoms with Crippen LogP contribution in [0.2, 0.25) is 0 Å². The maximum absolute atomic E-state index is 12.7. The van der Waals surface area contributed by atoms with Crippen LogP contribution in [0.3, 0.4) is 0 Å². The Morgan fingerprint density at radius 3 is 2.18 bits per heavy atom. The molecule has 0 saturated heterocycles. The van der Waals surface area contributed by atoms with E-state index in [1.807, 2.05) is 0 Å². The first-order valence-electron chi connectivity index (χ1n) is 4.73. The van der Waals surface area contributed by atoms with Gasteiger partial charge in [-0.25, -0.2) is 0 Å². The molecule has 0 aromatic heterocycles. The van der Waals surface area contributed by atoms with Crippen molar-refractivity contribution >= 4 is 20.6 Å². The molecule has 94 valence electrons. The monoisotopic (exact) mass is 356 g/mol. The van der Waals surface area contributed by atoms with E-state index < -0.39 is 32.3 Å². The molecule has 0 unspecified atom stereocenters. The average molecular weight is 355 g/mol. The molecule has 0 radical (unpaired) electrons. The Morgan fingerprint density at radius 2 is 1.76 bits per heavy atom. The first kappa shape index (κ1) is 14.4. The van der Waals surface area contributed by atoms with Gasteiger partial charge in [0.15, 0.2) is 0 Å². The second kappa shape index (κ2) is 4.93. The van der Waals surface area contributed by atoms with Crippen LogP contribution >= 0.6 is 0 Å². The molecule has 1 N–H and O–H groups in total. The van der Waals surface area contributed by atoms with Crippen molar-refractivity contribution in [3.63, 3.8) is 0 Å². The molecular weight excluding hydrogens is 344 g/mol. The normalized spacial score (nSPS) is 11.5. The Bertz CT molecular complexity index is 469. The van der Waals surface area contributed by atoms with Gasteiger partial charge in [-0.3, -0.25) is 0 Å². The molecule has 1 rings (SSSR count). The van der Waals surface area contributed by atoms with E-state index in [-0.39, 0.29) is 22.4 Å². The summed E-state index contributed by atoms with van der Waals surface area (Å²) >= 11 is -4.08. The summed E-state index contributed by atoms with van der Waals surface area (Å²) in [6, 6.07) is 1.15. The summed E-state index contributed by atoms with van der Waals surface area (Å²) in [5.74, 6) is 0.0555. The summed E-state index contributed by atoms with van der Waals surface area (Å²) in [6.45, 7) is 4.06. The van der Waals surface area contributed by atoms with E-state index in [1.165, 1.54) is 20.8 Å². The van der Waals surface area contributed by atoms with Crippen molar-refractivity contribution < 1.29 is 22.8 Å². The summed E-state index contributed by atoms with van der Waals surface area (Å²) in [5, 5.41) is 0. The number of alkyl halides is 3. The first-order chi connectivity index (χ1) is 7.64. The van der Waals surface area contributed by atoms with E-state index >= 15 is 0 Å². The number of hydrogen-bond donors (Lipinski definition) is 1. The number of halogens is 3. The molecule has 7 heteroatoms. The SMILES string of the molecule is Cc1cc([O][Sn](=[O])[OH])c(C)c(C)c1C(F)(F)F. The van der Waals surface area contributed by atoms with Crippen molar-refractivity contribution in [3.05, 3.63) is 28.3 Å². The molecule has 0 aliphatic rings. The van der Waals surface area contributed by atoms with Crippen molar-refractivity contribution in [2.75, 3.05) is 0 Å². The standard InChI is InChI=1S/C10H11F3O.H2O.O.Sn/c1-5-4-8(14)6(2)7(3)9(5)10(11,12)13;;;/h4,14H,1-3H3;1H2;;/q;;;+2/p-2. The number of aryl methyl sites for hydroxylation is 1. The minimum absolute atomic E-state index is 0.0137. The van der Waals surface area contributed by atoms with Gasteiger partial charge in [-0.15, -0.1) is 0 Å². The Labute approximate surface area is 104 Å². The van der Waals surface area contributed by atoms with Crippen LogP contribution < -0.4 is 3.07 Å². The molecule has 0 atom stereocenters. The van der Waals surface area contributed by atoms with Crippen LogP contribution in [0, 0.1) is 20.8 Å². The van der Waals surface area contributed by atoms with Crippen LogP contribution in [0.5, 0.6) is 5.75 Å². The van der Waals surface area contributed by atoms with Gasteiger partial charge in [0.25, 0.3) is 0 Å². The second-order valence-corrected chi connectivity index (χ2v) is 5.78. The Hall–Kier alpha value is -0.631. The van der Waals surface area contributed by atoms with E-state index in [0.29, 0.717) is 0 Å². The van der Waals surface area contributed by atoms with Crippen molar-refractivity contribution in [2.24, 2.45) is 0 Å². The molecule has 0 aliphatic carbocycles. The Balaban J connectivity index is 3.42. The fraction of sp³-hybridized carbons (Fsp3) is 0.400. The molecule has 1 aromatic carbocycles. The molecule has 17 heavy (non-hydrogen) atoms. The number of hydrogen-bond acceptors (Lipinski definition) is 2. The third kappa shape index (κ3) is 3.18. The molecule has 0 aliphatic heterocycles.